The van der Waals surface area contributed by atoms with Gasteiger partial charge in [0.15, 0.2) is 5.89 Å². The molecule has 1 amide bonds. The molecular weight excluding hydrogens is 280 g/mol. The lowest BCUT2D eigenvalue weighted by Gasteiger charge is -2.09. The Morgan fingerprint density at radius 2 is 2.18 bits per heavy atom. The Morgan fingerprint density at radius 3 is 2.91 bits per heavy atom. The van der Waals surface area contributed by atoms with Crippen molar-refractivity contribution in [3.05, 3.63) is 42.0 Å². The van der Waals surface area contributed by atoms with Gasteiger partial charge in [-0.3, -0.25) is 4.79 Å². The van der Waals surface area contributed by atoms with Crippen molar-refractivity contribution in [2.45, 2.75) is 32.3 Å². The minimum atomic E-state index is -0.287. The van der Waals surface area contributed by atoms with Crippen LogP contribution in [-0.4, -0.2) is 30.1 Å². The molecule has 116 valence electrons. The van der Waals surface area contributed by atoms with Gasteiger partial charge in [0.2, 0.25) is 5.91 Å². The van der Waals surface area contributed by atoms with E-state index in [1.54, 1.807) is 0 Å². The molecule has 0 bridgehead atoms. The molecule has 2 aromatic rings. The highest BCUT2D eigenvalue weighted by Gasteiger charge is 2.23. The second kappa shape index (κ2) is 6.75. The van der Waals surface area contributed by atoms with Crippen molar-refractivity contribution in [3.63, 3.8) is 0 Å². The SMILES string of the molecule is Cc1nc(-c2ccccc2)c(CCNC(=O)C2CCCO2)o1. The lowest BCUT2D eigenvalue weighted by atomic mass is 10.1. The number of nitrogens with one attached hydrogen (secondary N) is 1. The van der Waals surface area contributed by atoms with Crippen molar-refractivity contribution >= 4 is 5.91 Å². The van der Waals surface area contributed by atoms with Crippen LogP contribution in [0.5, 0.6) is 0 Å². The highest BCUT2D eigenvalue weighted by molar-refractivity contribution is 5.80. The average molecular weight is 300 g/mol. The summed E-state index contributed by atoms with van der Waals surface area (Å²) in [5.41, 5.74) is 1.88. The number of carbonyl (C=O) groups is 1. The molecule has 0 aliphatic carbocycles. The molecule has 1 atom stereocenters. The number of nitrogens with zero attached hydrogens (tertiary/aromatic N) is 1. The molecule has 1 aliphatic rings. The molecule has 0 saturated carbocycles. The highest BCUT2D eigenvalue weighted by atomic mass is 16.5. The van der Waals surface area contributed by atoms with Crippen LogP contribution in [0.4, 0.5) is 0 Å². The molecule has 1 aromatic carbocycles. The fourth-order valence-electron chi connectivity index (χ4n) is 2.66. The molecule has 1 N–H and O–H groups in total. The third-order valence-electron chi connectivity index (χ3n) is 3.72. The molecule has 0 radical (unpaired) electrons. The molecule has 22 heavy (non-hydrogen) atoms. The number of hydrogen-bond donors (Lipinski definition) is 1. The molecular formula is C17H20N2O3. The molecule has 2 heterocycles. The fraction of sp³-hybridized carbons (Fsp3) is 0.412. The van der Waals surface area contributed by atoms with Crippen molar-refractivity contribution < 1.29 is 13.9 Å². The number of carbonyl (C=O) groups excluding carboxylic acids is 1. The minimum absolute atomic E-state index is 0.0324. The van der Waals surface area contributed by atoms with Crippen LogP contribution in [-0.2, 0) is 16.0 Å². The fourth-order valence-corrected chi connectivity index (χ4v) is 2.66. The van der Waals surface area contributed by atoms with Gasteiger partial charge in [-0.2, -0.15) is 0 Å². The standard InChI is InChI=1S/C17H20N2O3/c1-12-19-16(13-6-3-2-4-7-13)14(22-12)9-10-18-17(20)15-8-5-11-21-15/h2-4,6-7,15H,5,8-11H2,1H3,(H,18,20). The third kappa shape index (κ3) is 3.36. The summed E-state index contributed by atoms with van der Waals surface area (Å²) >= 11 is 0. The molecule has 0 spiro atoms. The summed E-state index contributed by atoms with van der Waals surface area (Å²) in [4.78, 5) is 16.4. The quantitative estimate of drug-likeness (QED) is 0.921. The van der Waals surface area contributed by atoms with E-state index >= 15 is 0 Å². The number of aryl methyl sites for hydroxylation is 1. The van der Waals surface area contributed by atoms with Gasteiger partial charge in [-0.25, -0.2) is 4.98 Å². The molecule has 5 nitrogen and oxygen atoms in total. The molecule has 5 heteroatoms. The van der Waals surface area contributed by atoms with Crippen LogP contribution in [0.25, 0.3) is 11.3 Å². The van der Waals surface area contributed by atoms with Crippen LogP contribution in [0.3, 0.4) is 0 Å². The molecule has 3 rings (SSSR count). The Morgan fingerprint density at radius 1 is 1.36 bits per heavy atom. The number of hydrogen-bond acceptors (Lipinski definition) is 4. The van der Waals surface area contributed by atoms with Gasteiger partial charge in [0.25, 0.3) is 0 Å². The number of rotatable bonds is 5. The summed E-state index contributed by atoms with van der Waals surface area (Å²) in [6, 6.07) is 9.93. The summed E-state index contributed by atoms with van der Waals surface area (Å²) < 4.78 is 11.0. The summed E-state index contributed by atoms with van der Waals surface area (Å²) in [5.74, 6) is 1.41. The molecule has 1 unspecified atom stereocenters. The van der Waals surface area contributed by atoms with Crippen molar-refractivity contribution in [2.24, 2.45) is 0 Å². The van der Waals surface area contributed by atoms with Crippen molar-refractivity contribution in [1.82, 2.24) is 10.3 Å². The number of benzene rings is 1. The maximum Gasteiger partial charge on any atom is 0.249 e. The van der Waals surface area contributed by atoms with E-state index in [1.165, 1.54) is 0 Å². The van der Waals surface area contributed by atoms with Crippen molar-refractivity contribution in [1.29, 1.82) is 0 Å². The van der Waals surface area contributed by atoms with E-state index in [4.69, 9.17) is 9.15 Å². The Labute approximate surface area is 129 Å². The second-order valence-corrected chi connectivity index (χ2v) is 5.41. The number of ether oxygens (including phenoxy) is 1. The van der Waals surface area contributed by atoms with Crippen LogP contribution in [0, 0.1) is 6.92 Å². The lowest BCUT2D eigenvalue weighted by molar-refractivity contribution is -0.130. The lowest BCUT2D eigenvalue weighted by Crippen LogP contribution is -2.35. The first-order valence-corrected chi connectivity index (χ1v) is 7.65. The zero-order valence-corrected chi connectivity index (χ0v) is 12.7. The van der Waals surface area contributed by atoms with E-state index in [2.05, 4.69) is 10.3 Å². The van der Waals surface area contributed by atoms with E-state index in [9.17, 15) is 4.79 Å². The zero-order chi connectivity index (χ0) is 15.4. The van der Waals surface area contributed by atoms with E-state index in [0.29, 0.717) is 25.5 Å². The second-order valence-electron chi connectivity index (χ2n) is 5.41. The van der Waals surface area contributed by atoms with Crippen LogP contribution in [0.15, 0.2) is 34.7 Å². The van der Waals surface area contributed by atoms with Crippen LogP contribution in [0.1, 0.15) is 24.5 Å². The van der Waals surface area contributed by atoms with Gasteiger partial charge >= 0.3 is 0 Å². The smallest absolute Gasteiger partial charge is 0.249 e. The van der Waals surface area contributed by atoms with Gasteiger partial charge in [-0.1, -0.05) is 30.3 Å². The highest BCUT2D eigenvalue weighted by Crippen LogP contribution is 2.23. The average Bonchev–Trinajstić information content (AvgIpc) is 3.18. The van der Waals surface area contributed by atoms with Crippen LogP contribution < -0.4 is 5.32 Å². The summed E-state index contributed by atoms with van der Waals surface area (Å²) in [6.45, 7) is 3.03. The van der Waals surface area contributed by atoms with E-state index < -0.39 is 0 Å². The maximum atomic E-state index is 11.9. The first-order valence-electron chi connectivity index (χ1n) is 7.65. The van der Waals surface area contributed by atoms with Crippen LogP contribution in [0.2, 0.25) is 0 Å². The Kier molecular flexibility index (Phi) is 4.53. The monoisotopic (exact) mass is 300 g/mol. The zero-order valence-electron chi connectivity index (χ0n) is 12.7. The third-order valence-corrected chi connectivity index (χ3v) is 3.72. The molecule has 1 aliphatic heterocycles. The molecule has 1 aromatic heterocycles. The Bertz CT molecular complexity index is 631. The van der Waals surface area contributed by atoms with Gasteiger partial charge in [0.05, 0.1) is 0 Å². The first-order chi connectivity index (χ1) is 10.7. The Hall–Kier alpha value is -2.14. The van der Waals surface area contributed by atoms with Gasteiger partial charge in [-0.15, -0.1) is 0 Å². The van der Waals surface area contributed by atoms with Crippen molar-refractivity contribution in [2.75, 3.05) is 13.2 Å². The van der Waals surface area contributed by atoms with Crippen LogP contribution >= 0.6 is 0 Å². The summed E-state index contributed by atoms with van der Waals surface area (Å²) in [7, 11) is 0. The Balaban J connectivity index is 1.62. The topological polar surface area (TPSA) is 64.4 Å². The van der Waals surface area contributed by atoms with E-state index in [-0.39, 0.29) is 12.0 Å². The minimum Gasteiger partial charge on any atom is -0.445 e. The number of aromatic nitrogens is 1. The number of amides is 1. The van der Waals surface area contributed by atoms with E-state index in [0.717, 1.165) is 29.9 Å². The van der Waals surface area contributed by atoms with Crippen molar-refractivity contribution in [3.8, 4) is 11.3 Å². The first kappa shape index (κ1) is 14.8. The molecule has 1 saturated heterocycles. The number of oxazole rings is 1. The summed E-state index contributed by atoms with van der Waals surface area (Å²) in [6.07, 6.45) is 2.09. The normalized spacial score (nSPS) is 17.6. The van der Waals surface area contributed by atoms with E-state index in [1.807, 2.05) is 37.3 Å². The molecule has 1 fully saturated rings. The van der Waals surface area contributed by atoms with Gasteiger partial charge in [-0.05, 0) is 12.8 Å². The van der Waals surface area contributed by atoms with Gasteiger partial charge < -0.3 is 14.5 Å². The maximum absolute atomic E-state index is 11.9. The largest absolute Gasteiger partial charge is 0.445 e. The van der Waals surface area contributed by atoms with Gasteiger partial charge in [0.1, 0.15) is 17.6 Å². The summed E-state index contributed by atoms with van der Waals surface area (Å²) in [5, 5.41) is 2.91. The predicted octanol–water partition coefficient (Wildman–Crippen LogP) is 2.49. The predicted molar refractivity (Wildman–Crippen MR) is 82.4 cm³/mol. The van der Waals surface area contributed by atoms with Gasteiger partial charge in [0, 0.05) is 32.1 Å².